The number of rotatable bonds is 6. The van der Waals surface area contributed by atoms with Crippen molar-refractivity contribution in [1.29, 1.82) is 0 Å². The topological polar surface area (TPSA) is 58.6 Å². The zero-order valence-electron chi connectivity index (χ0n) is 11.9. The Morgan fingerprint density at radius 3 is 2.57 bits per heavy atom. The molecule has 4 nitrogen and oxygen atoms in total. The van der Waals surface area contributed by atoms with Crippen LogP contribution < -0.4 is 5.32 Å². The molecule has 1 fully saturated rings. The monoisotopic (exact) mass is 327 g/mol. The number of ether oxygens (including phenoxy) is 1. The molecule has 0 bridgehead atoms. The molecule has 1 aliphatic rings. The van der Waals surface area contributed by atoms with Crippen LogP contribution in [0.5, 0.6) is 0 Å². The molecule has 0 spiro atoms. The van der Waals surface area contributed by atoms with E-state index in [9.17, 15) is 9.90 Å². The number of nitrogens with one attached hydrogen (secondary N) is 1. The van der Waals surface area contributed by atoms with Crippen LogP contribution in [0.25, 0.3) is 0 Å². The van der Waals surface area contributed by atoms with E-state index in [4.69, 9.17) is 4.74 Å². The summed E-state index contributed by atoms with van der Waals surface area (Å²) in [4.78, 5) is 11.7. The van der Waals surface area contributed by atoms with Crippen LogP contribution in [0.2, 0.25) is 0 Å². The first-order chi connectivity index (χ1) is 10.2. The van der Waals surface area contributed by atoms with Crippen molar-refractivity contribution in [2.24, 2.45) is 0 Å². The molecular formula is C15H21NO3S2. The minimum atomic E-state index is -0.805. The Hall–Kier alpha value is -0.690. The number of hydrogen-bond acceptors (Lipinski definition) is 5. The van der Waals surface area contributed by atoms with Crippen molar-refractivity contribution in [3.8, 4) is 0 Å². The Bertz CT molecular complexity index is 434. The highest BCUT2D eigenvalue weighted by Gasteiger charge is 2.29. The molecule has 1 aromatic carbocycles. The lowest BCUT2D eigenvalue weighted by Crippen LogP contribution is -2.47. The van der Waals surface area contributed by atoms with Gasteiger partial charge in [-0.2, -0.15) is 23.5 Å². The fourth-order valence-electron chi connectivity index (χ4n) is 1.94. The smallest absolute Gasteiger partial charge is 0.246 e. The van der Waals surface area contributed by atoms with E-state index in [0.717, 1.165) is 17.1 Å². The maximum absolute atomic E-state index is 11.7. The molecule has 1 saturated heterocycles. The lowest BCUT2D eigenvalue weighted by atomic mass is 10.1. The van der Waals surface area contributed by atoms with Gasteiger partial charge in [0, 0.05) is 29.6 Å². The number of hydrogen-bond donors (Lipinski definition) is 2. The molecule has 0 unspecified atom stereocenters. The average molecular weight is 327 g/mol. The zero-order chi connectivity index (χ0) is 15.0. The van der Waals surface area contributed by atoms with Crippen molar-refractivity contribution in [1.82, 2.24) is 5.32 Å². The van der Waals surface area contributed by atoms with Gasteiger partial charge in [0.15, 0.2) is 0 Å². The molecule has 0 atom stereocenters. The van der Waals surface area contributed by atoms with E-state index < -0.39 is 5.60 Å². The van der Waals surface area contributed by atoms with Gasteiger partial charge in [0.2, 0.25) is 5.91 Å². The molecule has 0 radical (unpaired) electrons. The molecule has 0 saturated carbocycles. The first kappa shape index (κ1) is 16.7. The van der Waals surface area contributed by atoms with Gasteiger partial charge in [-0.15, -0.1) is 0 Å². The summed E-state index contributed by atoms with van der Waals surface area (Å²) in [5.41, 5.74) is 0.237. The maximum Gasteiger partial charge on any atom is 0.246 e. The Kier molecular flexibility index (Phi) is 6.89. The SMILES string of the molecule is O=C(COCc1ccccc1)NCC1(O)CSCCSC1. The van der Waals surface area contributed by atoms with Crippen molar-refractivity contribution in [3.05, 3.63) is 35.9 Å². The van der Waals surface area contributed by atoms with E-state index in [1.54, 1.807) is 23.5 Å². The normalized spacial score (nSPS) is 18.0. The van der Waals surface area contributed by atoms with Gasteiger partial charge in [0.25, 0.3) is 0 Å². The first-order valence-electron chi connectivity index (χ1n) is 6.94. The van der Waals surface area contributed by atoms with Crippen LogP contribution in [0.3, 0.4) is 0 Å². The maximum atomic E-state index is 11.7. The summed E-state index contributed by atoms with van der Waals surface area (Å²) in [5, 5.41) is 13.2. The second kappa shape index (κ2) is 8.68. The zero-order valence-corrected chi connectivity index (χ0v) is 13.5. The molecule has 2 rings (SSSR count). The Labute approximate surface area is 134 Å². The lowest BCUT2D eigenvalue weighted by molar-refractivity contribution is -0.127. The number of carbonyl (C=O) groups is 1. The molecule has 1 aromatic rings. The van der Waals surface area contributed by atoms with E-state index in [2.05, 4.69) is 5.32 Å². The molecule has 0 aliphatic carbocycles. The third kappa shape index (κ3) is 6.30. The van der Waals surface area contributed by atoms with Crippen LogP contribution in [0, 0.1) is 0 Å². The van der Waals surface area contributed by atoms with Crippen LogP contribution in [0.4, 0.5) is 0 Å². The third-order valence-corrected chi connectivity index (χ3v) is 5.80. The lowest BCUT2D eigenvalue weighted by Gasteiger charge is -2.25. The largest absolute Gasteiger partial charge is 0.386 e. The molecule has 2 N–H and O–H groups in total. The Morgan fingerprint density at radius 2 is 1.90 bits per heavy atom. The minimum absolute atomic E-state index is 0.0191. The van der Waals surface area contributed by atoms with E-state index in [1.165, 1.54) is 0 Å². The molecule has 1 amide bonds. The van der Waals surface area contributed by atoms with Gasteiger partial charge in [-0.05, 0) is 5.56 Å². The van der Waals surface area contributed by atoms with Crippen LogP contribution in [-0.2, 0) is 16.1 Å². The van der Waals surface area contributed by atoms with Crippen LogP contribution in [0.1, 0.15) is 5.56 Å². The van der Waals surface area contributed by atoms with Gasteiger partial charge in [-0.3, -0.25) is 4.79 Å². The Morgan fingerprint density at radius 1 is 1.24 bits per heavy atom. The molecule has 21 heavy (non-hydrogen) atoms. The molecule has 0 aromatic heterocycles. The summed E-state index contributed by atoms with van der Waals surface area (Å²) in [7, 11) is 0. The quantitative estimate of drug-likeness (QED) is 0.830. The molecular weight excluding hydrogens is 306 g/mol. The predicted molar refractivity (Wildman–Crippen MR) is 88.7 cm³/mol. The summed E-state index contributed by atoms with van der Waals surface area (Å²) in [6.45, 7) is 0.732. The van der Waals surface area contributed by atoms with Crippen LogP contribution in [0.15, 0.2) is 30.3 Å². The van der Waals surface area contributed by atoms with E-state index in [-0.39, 0.29) is 12.5 Å². The van der Waals surface area contributed by atoms with Gasteiger partial charge >= 0.3 is 0 Å². The van der Waals surface area contributed by atoms with Gasteiger partial charge in [0.05, 0.1) is 12.2 Å². The van der Waals surface area contributed by atoms with Gasteiger partial charge < -0.3 is 15.2 Å². The third-order valence-electron chi connectivity index (χ3n) is 3.07. The number of thioether (sulfide) groups is 2. The predicted octanol–water partition coefficient (Wildman–Crippen LogP) is 1.53. The number of aliphatic hydroxyl groups is 1. The number of benzene rings is 1. The summed E-state index contributed by atoms with van der Waals surface area (Å²) in [5.74, 6) is 3.28. The molecule has 1 heterocycles. The number of amides is 1. The molecule has 1 aliphatic heterocycles. The van der Waals surface area contributed by atoms with Crippen molar-refractivity contribution in [2.75, 3.05) is 36.2 Å². The summed E-state index contributed by atoms with van der Waals surface area (Å²) in [6.07, 6.45) is 0. The second-order valence-electron chi connectivity index (χ2n) is 5.08. The summed E-state index contributed by atoms with van der Waals surface area (Å²) < 4.78 is 5.37. The standard InChI is InChI=1S/C15H21NO3S2/c17-14(9-19-8-13-4-2-1-3-5-13)16-10-15(18)11-20-6-7-21-12-15/h1-5,18H,6-12H2,(H,16,17). The van der Waals surface area contributed by atoms with Crippen molar-refractivity contribution in [2.45, 2.75) is 12.2 Å². The molecule has 116 valence electrons. The molecule has 6 heteroatoms. The van der Waals surface area contributed by atoms with E-state index in [0.29, 0.717) is 24.7 Å². The van der Waals surface area contributed by atoms with Crippen molar-refractivity contribution >= 4 is 29.4 Å². The Balaban J connectivity index is 1.65. The van der Waals surface area contributed by atoms with Crippen molar-refractivity contribution < 1.29 is 14.6 Å². The van der Waals surface area contributed by atoms with Gasteiger partial charge in [0.1, 0.15) is 6.61 Å². The van der Waals surface area contributed by atoms with Gasteiger partial charge in [-0.1, -0.05) is 30.3 Å². The number of carbonyl (C=O) groups excluding carboxylic acids is 1. The summed E-state index contributed by atoms with van der Waals surface area (Å²) in [6, 6.07) is 9.74. The van der Waals surface area contributed by atoms with Gasteiger partial charge in [-0.25, -0.2) is 0 Å². The fraction of sp³-hybridized carbons (Fsp3) is 0.533. The van der Waals surface area contributed by atoms with Crippen molar-refractivity contribution in [3.63, 3.8) is 0 Å². The van der Waals surface area contributed by atoms with Crippen LogP contribution >= 0.6 is 23.5 Å². The minimum Gasteiger partial charge on any atom is -0.386 e. The average Bonchev–Trinajstić information content (AvgIpc) is 2.72. The van der Waals surface area contributed by atoms with E-state index >= 15 is 0 Å². The van der Waals surface area contributed by atoms with E-state index in [1.807, 2.05) is 30.3 Å². The highest BCUT2D eigenvalue weighted by molar-refractivity contribution is 8.03. The highest BCUT2D eigenvalue weighted by Crippen LogP contribution is 2.24. The second-order valence-corrected chi connectivity index (χ2v) is 7.29. The summed E-state index contributed by atoms with van der Waals surface area (Å²) >= 11 is 3.47. The first-order valence-corrected chi connectivity index (χ1v) is 9.25. The highest BCUT2D eigenvalue weighted by atomic mass is 32.2. The fourth-order valence-corrected chi connectivity index (χ4v) is 4.46. The van der Waals surface area contributed by atoms with Crippen LogP contribution in [-0.4, -0.2) is 52.8 Å².